The molecule has 2 rings (SSSR count). The molecule has 1 saturated carbocycles. The predicted octanol–water partition coefficient (Wildman–Crippen LogP) is 2.54. The van der Waals surface area contributed by atoms with Crippen LogP contribution in [0.2, 0.25) is 0 Å². The molecule has 0 aromatic heterocycles. The van der Waals surface area contributed by atoms with Crippen LogP contribution in [0.25, 0.3) is 0 Å². The van der Waals surface area contributed by atoms with Crippen molar-refractivity contribution in [1.29, 1.82) is 0 Å². The summed E-state index contributed by atoms with van der Waals surface area (Å²) in [7, 11) is 0. The van der Waals surface area contributed by atoms with Gasteiger partial charge in [-0.25, -0.2) is 0 Å². The van der Waals surface area contributed by atoms with Gasteiger partial charge in [0.05, 0.1) is 13.2 Å². The summed E-state index contributed by atoms with van der Waals surface area (Å²) in [5, 5.41) is 12.0. The van der Waals surface area contributed by atoms with Crippen molar-refractivity contribution < 1.29 is 9.90 Å². The maximum atomic E-state index is 12.1. The molecule has 1 aromatic rings. The molecule has 1 aliphatic rings. The van der Waals surface area contributed by atoms with Gasteiger partial charge in [-0.2, -0.15) is 0 Å². The highest BCUT2D eigenvalue weighted by atomic mass is 79.9. The fourth-order valence-corrected chi connectivity index (χ4v) is 2.63. The van der Waals surface area contributed by atoms with Crippen LogP contribution < -0.4 is 5.32 Å². The number of halogens is 1. The Kier molecular flexibility index (Phi) is 5.57. The highest BCUT2D eigenvalue weighted by Crippen LogP contribution is 2.24. The lowest BCUT2D eigenvalue weighted by atomic mass is 9.91. The van der Waals surface area contributed by atoms with Crippen LogP contribution in [-0.4, -0.2) is 41.7 Å². The van der Waals surface area contributed by atoms with Crippen molar-refractivity contribution in [2.75, 3.05) is 25.0 Å². The van der Waals surface area contributed by atoms with E-state index in [0.717, 1.165) is 28.6 Å². The minimum Gasteiger partial charge on any atom is -0.395 e. The minimum absolute atomic E-state index is 0.0212. The van der Waals surface area contributed by atoms with Gasteiger partial charge >= 0.3 is 0 Å². The second-order valence-corrected chi connectivity index (χ2v) is 6.15. The molecule has 5 heteroatoms. The quantitative estimate of drug-likeness (QED) is 0.836. The molecule has 0 unspecified atom stereocenters. The number of anilines is 1. The third-order valence-electron chi connectivity index (χ3n) is 3.77. The largest absolute Gasteiger partial charge is 0.395 e. The molecule has 4 nitrogen and oxygen atoms in total. The van der Waals surface area contributed by atoms with E-state index in [0.29, 0.717) is 19.1 Å². The van der Waals surface area contributed by atoms with Crippen LogP contribution in [0, 0.1) is 6.92 Å². The van der Waals surface area contributed by atoms with E-state index in [1.54, 1.807) is 0 Å². The molecule has 2 N–H and O–H groups in total. The molecular weight excluding hydrogens is 320 g/mol. The summed E-state index contributed by atoms with van der Waals surface area (Å²) in [5.74, 6) is -0.0212. The van der Waals surface area contributed by atoms with Gasteiger partial charge in [-0.3, -0.25) is 9.69 Å². The zero-order valence-corrected chi connectivity index (χ0v) is 13.3. The Hall–Kier alpha value is -0.910. The minimum atomic E-state index is -0.0212. The lowest BCUT2D eigenvalue weighted by Gasteiger charge is -2.36. The van der Waals surface area contributed by atoms with Crippen LogP contribution in [0.15, 0.2) is 22.7 Å². The molecule has 0 bridgehead atoms. The summed E-state index contributed by atoms with van der Waals surface area (Å²) in [6.45, 7) is 3.01. The number of hydrogen-bond donors (Lipinski definition) is 2. The van der Waals surface area contributed by atoms with E-state index in [9.17, 15) is 4.79 Å². The summed E-state index contributed by atoms with van der Waals surface area (Å²) in [4.78, 5) is 14.2. The third-order valence-corrected chi connectivity index (χ3v) is 4.66. The number of nitrogens with zero attached hydrogens (tertiary/aromatic N) is 1. The lowest BCUT2D eigenvalue weighted by Crippen LogP contribution is -2.45. The van der Waals surface area contributed by atoms with Gasteiger partial charge < -0.3 is 10.4 Å². The van der Waals surface area contributed by atoms with Gasteiger partial charge in [-0.15, -0.1) is 0 Å². The van der Waals surface area contributed by atoms with E-state index < -0.39 is 0 Å². The predicted molar refractivity (Wildman–Crippen MR) is 83.8 cm³/mol. The van der Waals surface area contributed by atoms with Crippen molar-refractivity contribution in [3.8, 4) is 0 Å². The number of aliphatic hydroxyl groups excluding tert-OH is 1. The molecule has 1 aromatic carbocycles. The topological polar surface area (TPSA) is 52.6 Å². The number of nitrogens with one attached hydrogen (secondary N) is 1. The van der Waals surface area contributed by atoms with Crippen molar-refractivity contribution in [3.63, 3.8) is 0 Å². The number of hydrogen-bond acceptors (Lipinski definition) is 3. The standard InChI is InChI=1S/C15H21BrN2O2/c1-11-9-12(5-6-14(11)16)17-15(20)10-18(7-8-19)13-3-2-4-13/h5-6,9,13,19H,2-4,7-8,10H2,1H3,(H,17,20). The van der Waals surface area contributed by atoms with Gasteiger partial charge in [0, 0.05) is 22.7 Å². The highest BCUT2D eigenvalue weighted by molar-refractivity contribution is 9.10. The molecule has 0 atom stereocenters. The first-order valence-electron chi connectivity index (χ1n) is 7.01. The molecule has 0 heterocycles. The van der Waals surface area contributed by atoms with Gasteiger partial charge in [0.25, 0.3) is 0 Å². The van der Waals surface area contributed by atoms with E-state index in [-0.39, 0.29) is 12.5 Å². The molecule has 1 amide bonds. The maximum absolute atomic E-state index is 12.1. The zero-order chi connectivity index (χ0) is 14.5. The van der Waals surface area contributed by atoms with E-state index in [1.165, 1.54) is 6.42 Å². The Bertz CT molecular complexity index is 475. The number of aliphatic hydroxyl groups is 1. The number of amides is 1. The van der Waals surface area contributed by atoms with Crippen molar-refractivity contribution >= 4 is 27.5 Å². The number of carbonyl (C=O) groups excluding carboxylic acids is 1. The fraction of sp³-hybridized carbons (Fsp3) is 0.533. The van der Waals surface area contributed by atoms with Crippen molar-refractivity contribution in [1.82, 2.24) is 4.90 Å². The molecule has 0 spiro atoms. The monoisotopic (exact) mass is 340 g/mol. The SMILES string of the molecule is Cc1cc(NC(=O)CN(CCO)C2CCC2)ccc1Br. The Morgan fingerprint density at radius 3 is 2.80 bits per heavy atom. The summed E-state index contributed by atoms with van der Waals surface area (Å²) < 4.78 is 1.03. The third kappa shape index (κ3) is 4.04. The summed E-state index contributed by atoms with van der Waals surface area (Å²) in [6, 6.07) is 6.22. The van der Waals surface area contributed by atoms with Gasteiger partial charge in [-0.1, -0.05) is 22.4 Å². The average Bonchev–Trinajstić information content (AvgIpc) is 2.32. The zero-order valence-electron chi connectivity index (χ0n) is 11.7. The van der Waals surface area contributed by atoms with E-state index in [2.05, 4.69) is 26.1 Å². The highest BCUT2D eigenvalue weighted by Gasteiger charge is 2.25. The smallest absolute Gasteiger partial charge is 0.238 e. The summed E-state index contributed by atoms with van der Waals surface area (Å²) >= 11 is 3.44. The second kappa shape index (κ2) is 7.20. The molecule has 0 radical (unpaired) electrons. The van der Waals surface area contributed by atoms with Crippen LogP contribution in [0.1, 0.15) is 24.8 Å². The van der Waals surface area contributed by atoms with Crippen LogP contribution >= 0.6 is 15.9 Å². The molecule has 1 fully saturated rings. The van der Waals surface area contributed by atoms with Crippen molar-refractivity contribution in [2.24, 2.45) is 0 Å². The number of aryl methyl sites for hydroxylation is 1. The van der Waals surface area contributed by atoms with Gasteiger partial charge in [0.2, 0.25) is 5.91 Å². The first-order chi connectivity index (χ1) is 9.60. The van der Waals surface area contributed by atoms with Gasteiger partial charge in [0.15, 0.2) is 0 Å². The normalized spacial score (nSPS) is 15.2. The molecule has 0 saturated heterocycles. The fourth-order valence-electron chi connectivity index (χ4n) is 2.38. The molecule has 20 heavy (non-hydrogen) atoms. The first-order valence-corrected chi connectivity index (χ1v) is 7.80. The first kappa shape index (κ1) is 15.5. The Balaban J connectivity index is 1.91. The Labute approximate surface area is 128 Å². The van der Waals surface area contributed by atoms with E-state index in [1.807, 2.05) is 25.1 Å². The van der Waals surface area contributed by atoms with Crippen LogP contribution in [0.3, 0.4) is 0 Å². The van der Waals surface area contributed by atoms with Gasteiger partial charge in [0.1, 0.15) is 0 Å². The van der Waals surface area contributed by atoms with Crippen LogP contribution in [0.4, 0.5) is 5.69 Å². The Morgan fingerprint density at radius 1 is 1.50 bits per heavy atom. The summed E-state index contributed by atoms with van der Waals surface area (Å²) in [6.07, 6.45) is 3.48. The molecule has 110 valence electrons. The van der Waals surface area contributed by atoms with Crippen LogP contribution in [-0.2, 0) is 4.79 Å². The second-order valence-electron chi connectivity index (χ2n) is 5.29. The summed E-state index contributed by atoms with van der Waals surface area (Å²) in [5.41, 5.74) is 1.90. The number of carbonyl (C=O) groups is 1. The van der Waals surface area contributed by atoms with Crippen molar-refractivity contribution in [3.05, 3.63) is 28.2 Å². The van der Waals surface area contributed by atoms with E-state index in [4.69, 9.17) is 5.11 Å². The van der Waals surface area contributed by atoms with Crippen LogP contribution in [0.5, 0.6) is 0 Å². The van der Waals surface area contributed by atoms with Gasteiger partial charge in [-0.05, 0) is 43.5 Å². The average molecular weight is 341 g/mol. The van der Waals surface area contributed by atoms with Crippen molar-refractivity contribution in [2.45, 2.75) is 32.2 Å². The Morgan fingerprint density at radius 2 is 2.25 bits per heavy atom. The van der Waals surface area contributed by atoms with E-state index >= 15 is 0 Å². The number of rotatable bonds is 6. The lowest BCUT2D eigenvalue weighted by molar-refractivity contribution is -0.118. The maximum Gasteiger partial charge on any atom is 0.238 e. The molecule has 1 aliphatic carbocycles. The molecule has 0 aliphatic heterocycles. The number of benzene rings is 1. The molecular formula is C15H21BrN2O2.